The van der Waals surface area contributed by atoms with Gasteiger partial charge in [0.25, 0.3) is 5.69 Å². The largest absolute Gasteiger partial charge is 0.394 e. The lowest BCUT2D eigenvalue weighted by atomic mass is 10.2. The Morgan fingerprint density at radius 1 is 1.61 bits per heavy atom. The summed E-state index contributed by atoms with van der Waals surface area (Å²) in [5, 5.41) is 20.4. The Labute approximate surface area is 109 Å². The van der Waals surface area contributed by atoms with E-state index < -0.39 is 4.92 Å². The van der Waals surface area contributed by atoms with E-state index in [9.17, 15) is 10.1 Å². The maximum atomic E-state index is 11.0. The van der Waals surface area contributed by atoms with E-state index in [-0.39, 0.29) is 18.4 Å². The number of nitro benzene ring substituents is 1. The number of aliphatic hydroxyl groups is 1. The summed E-state index contributed by atoms with van der Waals surface area (Å²) in [5.74, 6) is 0. The van der Waals surface area contributed by atoms with Crippen LogP contribution in [0.15, 0.2) is 18.2 Å². The Morgan fingerprint density at radius 3 is 3.06 bits per heavy atom. The average molecular weight is 273 g/mol. The first kappa shape index (κ1) is 13.1. The Balaban J connectivity index is 2.34. The summed E-state index contributed by atoms with van der Waals surface area (Å²) < 4.78 is 5.31. The van der Waals surface area contributed by atoms with Crippen molar-refractivity contribution in [3.8, 4) is 0 Å². The standard InChI is InChI=1S/C11H13ClN2O4/c12-9-2-1-3-10(14(16)17)11(9)13-4-5-18-8(6-13)7-15/h1-3,8,15H,4-7H2. The first-order valence-electron chi connectivity index (χ1n) is 5.53. The van der Waals surface area contributed by atoms with Gasteiger partial charge in [0.1, 0.15) is 5.69 Å². The number of rotatable bonds is 3. The van der Waals surface area contributed by atoms with E-state index in [4.69, 9.17) is 21.4 Å². The molecule has 1 aliphatic rings. The van der Waals surface area contributed by atoms with Gasteiger partial charge in [-0.05, 0) is 6.07 Å². The van der Waals surface area contributed by atoms with E-state index in [2.05, 4.69) is 0 Å². The van der Waals surface area contributed by atoms with Crippen molar-refractivity contribution in [2.24, 2.45) is 0 Å². The molecule has 98 valence electrons. The zero-order valence-corrected chi connectivity index (χ0v) is 10.3. The molecule has 0 radical (unpaired) electrons. The first-order valence-corrected chi connectivity index (χ1v) is 5.91. The summed E-state index contributed by atoms with van der Waals surface area (Å²) in [4.78, 5) is 12.3. The van der Waals surface area contributed by atoms with Crippen molar-refractivity contribution < 1.29 is 14.8 Å². The van der Waals surface area contributed by atoms with Crippen LogP contribution in [0.3, 0.4) is 0 Å². The number of nitrogens with zero attached hydrogens (tertiary/aromatic N) is 2. The Bertz CT molecular complexity index is 455. The van der Waals surface area contributed by atoms with Gasteiger partial charge in [-0.25, -0.2) is 0 Å². The van der Waals surface area contributed by atoms with E-state index >= 15 is 0 Å². The summed E-state index contributed by atoms with van der Waals surface area (Å²) >= 11 is 6.05. The molecule has 7 heteroatoms. The maximum Gasteiger partial charge on any atom is 0.294 e. The maximum absolute atomic E-state index is 11.0. The number of hydrogen-bond donors (Lipinski definition) is 1. The molecule has 1 N–H and O–H groups in total. The second kappa shape index (κ2) is 5.51. The zero-order valence-electron chi connectivity index (χ0n) is 9.58. The number of para-hydroxylation sites is 1. The molecule has 0 aliphatic carbocycles. The third kappa shape index (κ3) is 2.55. The van der Waals surface area contributed by atoms with Crippen molar-refractivity contribution in [1.29, 1.82) is 0 Å². The second-order valence-corrected chi connectivity index (χ2v) is 4.39. The van der Waals surface area contributed by atoms with Crippen LogP contribution in [0.25, 0.3) is 0 Å². The molecule has 18 heavy (non-hydrogen) atoms. The third-order valence-electron chi connectivity index (χ3n) is 2.82. The fourth-order valence-electron chi connectivity index (χ4n) is 2.00. The number of aliphatic hydroxyl groups excluding tert-OH is 1. The molecule has 2 rings (SSSR count). The van der Waals surface area contributed by atoms with Gasteiger partial charge in [0.05, 0.1) is 29.3 Å². The number of nitro groups is 1. The highest BCUT2D eigenvalue weighted by atomic mass is 35.5. The topological polar surface area (TPSA) is 75.8 Å². The Morgan fingerprint density at radius 2 is 2.39 bits per heavy atom. The quantitative estimate of drug-likeness (QED) is 0.666. The van der Waals surface area contributed by atoms with Gasteiger partial charge in [0.15, 0.2) is 0 Å². The van der Waals surface area contributed by atoms with Crippen molar-refractivity contribution in [2.45, 2.75) is 6.10 Å². The number of benzene rings is 1. The van der Waals surface area contributed by atoms with E-state index in [1.807, 2.05) is 0 Å². The molecule has 1 atom stereocenters. The van der Waals surface area contributed by atoms with E-state index in [1.54, 1.807) is 17.0 Å². The Hall–Kier alpha value is -1.37. The summed E-state index contributed by atoms with van der Waals surface area (Å²) in [6.45, 7) is 1.20. The fraction of sp³-hybridized carbons (Fsp3) is 0.455. The van der Waals surface area contributed by atoms with Crippen LogP contribution in [0, 0.1) is 10.1 Å². The van der Waals surface area contributed by atoms with Crippen LogP contribution in [-0.2, 0) is 4.74 Å². The van der Waals surface area contributed by atoms with Crippen LogP contribution in [-0.4, -0.2) is 42.4 Å². The van der Waals surface area contributed by atoms with Crippen LogP contribution < -0.4 is 4.90 Å². The molecule has 1 saturated heterocycles. The summed E-state index contributed by atoms with van der Waals surface area (Å²) in [6, 6.07) is 4.59. The van der Waals surface area contributed by atoms with Gasteiger partial charge in [-0.2, -0.15) is 0 Å². The molecular formula is C11H13ClN2O4. The van der Waals surface area contributed by atoms with Gasteiger partial charge in [-0.1, -0.05) is 17.7 Å². The van der Waals surface area contributed by atoms with Crippen molar-refractivity contribution in [3.63, 3.8) is 0 Å². The van der Waals surface area contributed by atoms with Crippen molar-refractivity contribution in [1.82, 2.24) is 0 Å². The minimum atomic E-state index is -0.454. The van der Waals surface area contributed by atoms with Crippen molar-refractivity contribution in [2.75, 3.05) is 31.2 Å². The van der Waals surface area contributed by atoms with Gasteiger partial charge < -0.3 is 14.7 Å². The molecule has 6 nitrogen and oxygen atoms in total. The molecule has 0 amide bonds. The summed E-state index contributed by atoms with van der Waals surface area (Å²) in [7, 11) is 0. The smallest absolute Gasteiger partial charge is 0.294 e. The summed E-state index contributed by atoms with van der Waals surface area (Å²) in [6.07, 6.45) is -0.338. The lowest BCUT2D eigenvalue weighted by Gasteiger charge is -2.33. The van der Waals surface area contributed by atoms with Crippen LogP contribution in [0.1, 0.15) is 0 Å². The van der Waals surface area contributed by atoms with Gasteiger partial charge >= 0.3 is 0 Å². The molecule has 1 aromatic rings. The molecule has 1 aromatic carbocycles. The number of hydrogen-bond acceptors (Lipinski definition) is 5. The van der Waals surface area contributed by atoms with Gasteiger partial charge in [-0.15, -0.1) is 0 Å². The number of ether oxygens (including phenoxy) is 1. The van der Waals surface area contributed by atoms with Crippen LogP contribution in [0.4, 0.5) is 11.4 Å². The van der Waals surface area contributed by atoms with E-state index in [1.165, 1.54) is 6.07 Å². The van der Waals surface area contributed by atoms with E-state index in [0.29, 0.717) is 30.4 Å². The van der Waals surface area contributed by atoms with Crippen LogP contribution in [0.2, 0.25) is 5.02 Å². The SMILES string of the molecule is O=[N+]([O-])c1cccc(Cl)c1N1CCOC(CO)C1. The lowest BCUT2D eigenvalue weighted by molar-refractivity contribution is -0.384. The van der Waals surface area contributed by atoms with Gasteiger partial charge in [0, 0.05) is 19.2 Å². The molecule has 1 aliphatic heterocycles. The van der Waals surface area contributed by atoms with Gasteiger partial charge in [0.2, 0.25) is 0 Å². The fourth-order valence-corrected chi connectivity index (χ4v) is 2.29. The number of morpholine rings is 1. The van der Waals surface area contributed by atoms with E-state index in [0.717, 1.165) is 0 Å². The molecular weight excluding hydrogens is 260 g/mol. The third-order valence-corrected chi connectivity index (χ3v) is 3.13. The minimum Gasteiger partial charge on any atom is -0.394 e. The monoisotopic (exact) mass is 272 g/mol. The number of halogens is 1. The molecule has 0 spiro atoms. The molecule has 1 unspecified atom stereocenters. The van der Waals surface area contributed by atoms with Gasteiger partial charge in [-0.3, -0.25) is 10.1 Å². The normalized spacial score (nSPS) is 19.9. The highest BCUT2D eigenvalue weighted by Gasteiger charge is 2.27. The van der Waals surface area contributed by atoms with Crippen LogP contribution in [0.5, 0.6) is 0 Å². The number of anilines is 1. The lowest BCUT2D eigenvalue weighted by Crippen LogP contribution is -2.44. The average Bonchev–Trinajstić information content (AvgIpc) is 2.38. The first-order chi connectivity index (χ1) is 8.63. The molecule has 0 aromatic heterocycles. The second-order valence-electron chi connectivity index (χ2n) is 3.99. The summed E-state index contributed by atoms with van der Waals surface area (Å²) in [5.41, 5.74) is 0.368. The predicted octanol–water partition coefficient (Wildman–Crippen LogP) is 1.45. The Kier molecular flexibility index (Phi) is 4.00. The molecule has 1 fully saturated rings. The zero-order chi connectivity index (χ0) is 13.1. The molecule has 0 bridgehead atoms. The highest BCUT2D eigenvalue weighted by Crippen LogP contribution is 2.36. The molecule has 0 saturated carbocycles. The molecule has 1 heterocycles. The van der Waals surface area contributed by atoms with Crippen LogP contribution >= 0.6 is 11.6 Å². The minimum absolute atomic E-state index is 0.0268. The highest BCUT2D eigenvalue weighted by molar-refractivity contribution is 6.33. The van der Waals surface area contributed by atoms with Crippen molar-refractivity contribution >= 4 is 23.0 Å². The van der Waals surface area contributed by atoms with Crippen molar-refractivity contribution in [3.05, 3.63) is 33.3 Å². The predicted molar refractivity (Wildman–Crippen MR) is 67.1 cm³/mol.